The first kappa shape index (κ1) is 12.6. The van der Waals surface area contributed by atoms with Crippen molar-refractivity contribution in [1.82, 2.24) is 19.9 Å². The number of nitrogens with zero attached hydrogens (tertiary/aromatic N) is 4. The van der Waals surface area contributed by atoms with Crippen LogP contribution in [0.5, 0.6) is 0 Å². The molecule has 19 heavy (non-hydrogen) atoms. The predicted octanol–water partition coefficient (Wildman–Crippen LogP) is 2.09. The number of hydrogen-bond acceptors (Lipinski definition) is 5. The fourth-order valence-electron chi connectivity index (χ4n) is 2.08. The van der Waals surface area contributed by atoms with E-state index in [2.05, 4.69) is 19.9 Å². The summed E-state index contributed by atoms with van der Waals surface area (Å²) in [7, 11) is 0. The minimum Gasteiger partial charge on any atom is -0.297 e. The summed E-state index contributed by atoms with van der Waals surface area (Å²) >= 11 is 2.03. The van der Waals surface area contributed by atoms with Crippen molar-refractivity contribution in [1.29, 1.82) is 0 Å². The van der Waals surface area contributed by atoms with Crippen LogP contribution in [0.15, 0.2) is 36.8 Å². The highest BCUT2D eigenvalue weighted by molar-refractivity contribution is 7.99. The molecule has 0 N–H and O–H groups in total. The maximum Gasteiger partial charge on any atom is 0.178 e. The maximum atomic E-state index is 4.41. The highest BCUT2D eigenvalue weighted by atomic mass is 32.2. The highest BCUT2D eigenvalue weighted by Crippen LogP contribution is 2.14. The molecule has 98 valence electrons. The van der Waals surface area contributed by atoms with Gasteiger partial charge in [-0.3, -0.25) is 9.88 Å². The minimum absolute atomic E-state index is 0.693. The third-order valence-electron chi connectivity index (χ3n) is 3.11. The SMILES string of the molecule is c1ccc(-c2ncc(CN3CCSCC3)cn2)nc1. The summed E-state index contributed by atoms with van der Waals surface area (Å²) in [5.41, 5.74) is 2.00. The van der Waals surface area contributed by atoms with Gasteiger partial charge in [-0.2, -0.15) is 11.8 Å². The van der Waals surface area contributed by atoms with E-state index < -0.39 is 0 Å². The topological polar surface area (TPSA) is 41.9 Å². The Bertz CT molecular complexity index is 509. The number of pyridine rings is 1. The summed E-state index contributed by atoms with van der Waals surface area (Å²) in [6.07, 6.45) is 5.59. The van der Waals surface area contributed by atoms with Crippen molar-refractivity contribution in [3.05, 3.63) is 42.4 Å². The molecule has 0 spiro atoms. The van der Waals surface area contributed by atoms with Crippen molar-refractivity contribution in [2.75, 3.05) is 24.6 Å². The van der Waals surface area contributed by atoms with Gasteiger partial charge in [0.1, 0.15) is 5.69 Å². The molecule has 1 saturated heterocycles. The summed E-state index contributed by atoms with van der Waals surface area (Å²) in [5, 5.41) is 0. The molecule has 0 atom stereocenters. The van der Waals surface area contributed by atoms with Gasteiger partial charge in [0.15, 0.2) is 5.82 Å². The van der Waals surface area contributed by atoms with Gasteiger partial charge in [0.05, 0.1) is 0 Å². The van der Waals surface area contributed by atoms with E-state index in [1.54, 1.807) is 6.20 Å². The highest BCUT2D eigenvalue weighted by Gasteiger charge is 2.11. The third kappa shape index (κ3) is 3.30. The molecular weight excluding hydrogens is 256 g/mol. The number of hydrogen-bond donors (Lipinski definition) is 0. The maximum absolute atomic E-state index is 4.41. The van der Waals surface area contributed by atoms with Gasteiger partial charge in [-0.1, -0.05) is 6.07 Å². The molecule has 1 aliphatic rings. The van der Waals surface area contributed by atoms with Crippen LogP contribution < -0.4 is 0 Å². The lowest BCUT2D eigenvalue weighted by Crippen LogP contribution is -2.32. The lowest BCUT2D eigenvalue weighted by molar-refractivity contribution is 0.294. The molecule has 0 saturated carbocycles. The van der Waals surface area contributed by atoms with Crippen molar-refractivity contribution in [2.45, 2.75) is 6.54 Å². The second-order valence-electron chi connectivity index (χ2n) is 4.52. The van der Waals surface area contributed by atoms with Crippen LogP contribution in [0, 0.1) is 0 Å². The first-order chi connectivity index (χ1) is 9.42. The van der Waals surface area contributed by atoms with Gasteiger partial charge in [0.2, 0.25) is 0 Å². The Morgan fingerprint density at radius 3 is 2.53 bits per heavy atom. The normalized spacial score (nSPS) is 16.4. The minimum atomic E-state index is 0.693. The van der Waals surface area contributed by atoms with Crippen LogP contribution in [0.2, 0.25) is 0 Å². The molecular formula is C14H16N4S. The zero-order valence-electron chi connectivity index (χ0n) is 10.7. The van der Waals surface area contributed by atoms with Gasteiger partial charge in [-0.05, 0) is 12.1 Å². The lowest BCUT2D eigenvalue weighted by Gasteiger charge is -2.25. The van der Waals surface area contributed by atoms with Crippen molar-refractivity contribution in [3.8, 4) is 11.5 Å². The first-order valence-corrected chi connectivity index (χ1v) is 7.60. The van der Waals surface area contributed by atoms with E-state index in [-0.39, 0.29) is 0 Å². The predicted molar refractivity (Wildman–Crippen MR) is 77.9 cm³/mol. The molecule has 5 heteroatoms. The molecule has 2 aromatic heterocycles. The molecule has 2 aromatic rings. The molecule has 0 amide bonds. The van der Waals surface area contributed by atoms with E-state index in [9.17, 15) is 0 Å². The van der Waals surface area contributed by atoms with Crippen molar-refractivity contribution >= 4 is 11.8 Å². The largest absolute Gasteiger partial charge is 0.297 e. The van der Waals surface area contributed by atoms with Gasteiger partial charge in [-0.15, -0.1) is 0 Å². The Balaban J connectivity index is 1.68. The second kappa shape index (κ2) is 6.12. The van der Waals surface area contributed by atoms with E-state index in [1.165, 1.54) is 17.1 Å². The van der Waals surface area contributed by atoms with Crippen LogP contribution in [-0.4, -0.2) is 44.4 Å². The Kier molecular flexibility index (Phi) is 4.05. The average Bonchev–Trinajstić information content (AvgIpc) is 2.50. The van der Waals surface area contributed by atoms with Crippen molar-refractivity contribution < 1.29 is 0 Å². The van der Waals surface area contributed by atoms with E-state index in [4.69, 9.17) is 0 Å². The van der Waals surface area contributed by atoms with Crippen LogP contribution >= 0.6 is 11.8 Å². The number of thioether (sulfide) groups is 1. The summed E-state index contributed by atoms with van der Waals surface area (Å²) in [6, 6.07) is 5.77. The standard InChI is InChI=1S/C14H16N4S/c1-2-4-15-13(3-1)14-16-9-12(10-17-14)11-18-5-7-19-8-6-18/h1-4,9-10H,5-8,11H2. The fourth-order valence-corrected chi connectivity index (χ4v) is 3.06. The molecule has 0 aliphatic carbocycles. The van der Waals surface area contributed by atoms with E-state index in [0.717, 1.165) is 25.3 Å². The van der Waals surface area contributed by atoms with E-state index >= 15 is 0 Å². The lowest BCUT2D eigenvalue weighted by atomic mass is 10.3. The van der Waals surface area contributed by atoms with Crippen LogP contribution in [-0.2, 0) is 6.54 Å². The monoisotopic (exact) mass is 272 g/mol. The molecule has 1 fully saturated rings. The Morgan fingerprint density at radius 2 is 1.84 bits per heavy atom. The molecule has 3 rings (SSSR count). The zero-order valence-corrected chi connectivity index (χ0v) is 11.5. The zero-order chi connectivity index (χ0) is 12.9. The van der Waals surface area contributed by atoms with Crippen LogP contribution in [0.4, 0.5) is 0 Å². The van der Waals surface area contributed by atoms with Crippen molar-refractivity contribution in [3.63, 3.8) is 0 Å². The van der Waals surface area contributed by atoms with Crippen LogP contribution in [0.25, 0.3) is 11.5 Å². The Hall–Kier alpha value is -1.46. The van der Waals surface area contributed by atoms with Gasteiger partial charge >= 0.3 is 0 Å². The summed E-state index contributed by atoms with van der Waals surface area (Å²) in [6.45, 7) is 3.27. The molecule has 4 nitrogen and oxygen atoms in total. The number of rotatable bonds is 3. The van der Waals surface area contributed by atoms with Gasteiger partial charge in [0.25, 0.3) is 0 Å². The van der Waals surface area contributed by atoms with E-state index in [0.29, 0.717) is 5.82 Å². The molecule has 1 aliphatic heterocycles. The molecule has 0 aromatic carbocycles. The van der Waals surface area contributed by atoms with E-state index in [1.807, 2.05) is 42.4 Å². The Morgan fingerprint density at radius 1 is 1.05 bits per heavy atom. The van der Waals surface area contributed by atoms with Gasteiger partial charge < -0.3 is 0 Å². The fraction of sp³-hybridized carbons (Fsp3) is 0.357. The second-order valence-corrected chi connectivity index (χ2v) is 5.74. The quantitative estimate of drug-likeness (QED) is 0.856. The molecule has 3 heterocycles. The third-order valence-corrected chi connectivity index (χ3v) is 4.05. The molecule has 0 radical (unpaired) electrons. The van der Waals surface area contributed by atoms with Gasteiger partial charge in [0, 0.05) is 55.3 Å². The number of aromatic nitrogens is 3. The average molecular weight is 272 g/mol. The Labute approximate surface area is 117 Å². The summed E-state index contributed by atoms with van der Waals surface area (Å²) < 4.78 is 0. The smallest absolute Gasteiger partial charge is 0.178 e. The molecule has 0 unspecified atom stereocenters. The van der Waals surface area contributed by atoms with Crippen molar-refractivity contribution in [2.24, 2.45) is 0 Å². The van der Waals surface area contributed by atoms with Crippen LogP contribution in [0.3, 0.4) is 0 Å². The van der Waals surface area contributed by atoms with Crippen LogP contribution in [0.1, 0.15) is 5.56 Å². The molecule has 0 bridgehead atoms. The first-order valence-electron chi connectivity index (χ1n) is 6.44. The summed E-state index contributed by atoms with van der Waals surface area (Å²) in [4.78, 5) is 15.5. The van der Waals surface area contributed by atoms with Gasteiger partial charge in [-0.25, -0.2) is 9.97 Å². The summed E-state index contributed by atoms with van der Waals surface area (Å²) in [5.74, 6) is 3.15.